The SMILES string of the molecule is CC(=O)N1CCN(c2cc(-c3cc(-c4ccnn4CC(F)(F)F)c(C(N)=NC=N)[nH]3)ccc2C#N)C(=O)C1(C)C. The predicted octanol–water partition coefficient (Wildman–Crippen LogP) is 3.27. The van der Waals surface area contributed by atoms with Crippen LogP contribution in [0.3, 0.4) is 0 Å². The van der Waals surface area contributed by atoms with E-state index >= 15 is 0 Å². The van der Waals surface area contributed by atoms with Crippen LogP contribution in [0.4, 0.5) is 18.9 Å². The van der Waals surface area contributed by atoms with Crippen LogP contribution in [-0.4, -0.2) is 68.5 Å². The number of carbonyl (C=O) groups excluding carboxylic acids is 2. The molecule has 4 rings (SSSR count). The van der Waals surface area contributed by atoms with Gasteiger partial charge in [0, 0.05) is 43.0 Å². The van der Waals surface area contributed by atoms with Crippen molar-refractivity contribution < 1.29 is 22.8 Å². The third-order valence-corrected chi connectivity index (χ3v) is 6.69. The first kappa shape index (κ1) is 28.1. The molecule has 11 nitrogen and oxygen atoms in total. The number of anilines is 1. The van der Waals surface area contributed by atoms with E-state index in [0.29, 0.717) is 23.3 Å². The number of piperazine rings is 1. The largest absolute Gasteiger partial charge is 0.408 e. The lowest BCUT2D eigenvalue weighted by atomic mass is 9.95. The minimum atomic E-state index is -4.52. The van der Waals surface area contributed by atoms with Gasteiger partial charge in [0.25, 0.3) is 5.91 Å². The topological polar surface area (TPSA) is 160 Å². The van der Waals surface area contributed by atoms with Gasteiger partial charge in [-0.2, -0.15) is 23.5 Å². The lowest BCUT2D eigenvalue weighted by molar-refractivity contribution is -0.145. The van der Waals surface area contributed by atoms with Crippen molar-refractivity contribution in [3.05, 3.63) is 47.8 Å². The van der Waals surface area contributed by atoms with Crippen LogP contribution in [0.15, 0.2) is 41.5 Å². The molecule has 0 unspecified atom stereocenters. The van der Waals surface area contributed by atoms with E-state index in [1.165, 1.54) is 35.1 Å². The highest BCUT2D eigenvalue weighted by atomic mass is 19.4. The quantitative estimate of drug-likeness (QED) is 0.315. The number of nitrogens with one attached hydrogen (secondary N) is 2. The van der Waals surface area contributed by atoms with E-state index in [1.54, 1.807) is 32.0 Å². The molecule has 1 fully saturated rings. The van der Waals surface area contributed by atoms with Gasteiger partial charge in [-0.15, -0.1) is 0 Å². The Bertz CT molecular complexity index is 1560. The fraction of sp³-hybridized carbons (Fsp3) is 0.308. The van der Waals surface area contributed by atoms with Gasteiger partial charge in [-0.25, -0.2) is 4.99 Å². The summed E-state index contributed by atoms with van der Waals surface area (Å²) in [6, 6.07) is 9.83. The predicted molar refractivity (Wildman–Crippen MR) is 142 cm³/mol. The number of hydrogen-bond donors (Lipinski definition) is 3. The molecule has 0 atom stereocenters. The van der Waals surface area contributed by atoms with Crippen LogP contribution < -0.4 is 10.6 Å². The Morgan fingerprint density at radius 2 is 2.02 bits per heavy atom. The number of alkyl halides is 3. The third kappa shape index (κ3) is 5.18. The van der Waals surface area contributed by atoms with Crippen molar-refractivity contribution in [2.45, 2.75) is 39.0 Å². The van der Waals surface area contributed by atoms with Crippen molar-refractivity contribution in [1.29, 1.82) is 10.7 Å². The van der Waals surface area contributed by atoms with Gasteiger partial charge in [0.1, 0.15) is 30.3 Å². The Hall–Kier alpha value is -4.93. The summed E-state index contributed by atoms with van der Waals surface area (Å²) < 4.78 is 40.3. The van der Waals surface area contributed by atoms with Crippen molar-refractivity contribution in [2.75, 3.05) is 18.0 Å². The minimum Gasteiger partial charge on any atom is -0.382 e. The number of nitrogens with two attached hydrogens (primary N) is 1. The maximum absolute atomic E-state index is 13.5. The van der Waals surface area contributed by atoms with Gasteiger partial charge in [-0.05, 0) is 38.1 Å². The number of halogens is 3. The first-order chi connectivity index (χ1) is 18.8. The second-order valence-corrected chi connectivity index (χ2v) is 9.63. The zero-order valence-corrected chi connectivity index (χ0v) is 21.9. The fourth-order valence-electron chi connectivity index (χ4n) is 4.83. The average molecular weight is 554 g/mol. The van der Waals surface area contributed by atoms with E-state index in [0.717, 1.165) is 4.68 Å². The van der Waals surface area contributed by atoms with Gasteiger partial charge in [-0.3, -0.25) is 19.7 Å². The van der Waals surface area contributed by atoms with E-state index in [2.05, 4.69) is 21.1 Å². The van der Waals surface area contributed by atoms with Gasteiger partial charge in [-0.1, -0.05) is 6.07 Å². The number of nitrogens with zero attached hydrogens (tertiary/aromatic N) is 6. The highest BCUT2D eigenvalue weighted by Gasteiger charge is 2.44. The van der Waals surface area contributed by atoms with Crippen molar-refractivity contribution in [2.24, 2.45) is 10.7 Å². The molecule has 1 aliphatic rings. The van der Waals surface area contributed by atoms with E-state index < -0.39 is 18.3 Å². The summed E-state index contributed by atoms with van der Waals surface area (Å²) in [5.41, 5.74) is 6.91. The summed E-state index contributed by atoms with van der Waals surface area (Å²) in [5.74, 6) is -0.747. The number of aliphatic imine (C=N–C) groups is 1. The van der Waals surface area contributed by atoms with Crippen LogP contribution in [0.1, 0.15) is 32.0 Å². The van der Waals surface area contributed by atoms with Crippen LogP contribution in [0.2, 0.25) is 0 Å². The second-order valence-electron chi connectivity index (χ2n) is 9.63. The zero-order chi connectivity index (χ0) is 29.4. The minimum absolute atomic E-state index is 0.115. The van der Waals surface area contributed by atoms with E-state index in [1.807, 2.05) is 0 Å². The van der Waals surface area contributed by atoms with Crippen molar-refractivity contribution >= 4 is 29.7 Å². The summed E-state index contributed by atoms with van der Waals surface area (Å²) in [6.45, 7) is 3.76. The van der Waals surface area contributed by atoms with Crippen LogP contribution in [0, 0.1) is 16.7 Å². The molecule has 0 bridgehead atoms. The Labute approximate surface area is 227 Å². The summed E-state index contributed by atoms with van der Waals surface area (Å²) in [7, 11) is 0. The summed E-state index contributed by atoms with van der Waals surface area (Å²) in [4.78, 5) is 35.3. The number of aromatic amines is 1. The number of nitriles is 1. The van der Waals surface area contributed by atoms with Crippen LogP contribution in [0.25, 0.3) is 22.5 Å². The summed E-state index contributed by atoms with van der Waals surface area (Å²) >= 11 is 0. The number of H-pyrrole nitrogens is 1. The van der Waals surface area contributed by atoms with Gasteiger partial charge >= 0.3 is 6.18 Å². The number of amides is 2. The maximum atomic E-state index is 13.5. The molecule has 2 aromatic heterocycles. The lowest BCUT2D eigenvalue weighted by Gasteiger charge is -2.45. The first-order valence-electron chi connectivity index (χ1n) is 12.1. The smallest absolute Gasteiger partial charge is 0.382 e. The summed E-state index contributed by atoms with van der Waals surface area (Å²) in [5, 5.41) is 20.8. The number of benzene rings is 1. The number of rotatable bonds is 6. The fourth-order valence-corrected chi connectivity index (χ4v) is 4.83. The first-order valence-corrected chi connectivity index (χ1v) is 12.1. The molecule has 1 aliphatic heterocycles. The Kier molecular flexibility index (Phi) is 7.25. The van der Waals surface area contributed by atoms with Gasteiger partial charge in [0.15, 0.2) is 0 Å². The number of hydrogen-bond acceptors (Lipinski definition) is 5. The van der Waals surface area contributed by atoms with E-state index in [-0.39, 0.29) is 53.3 Å². The standard InChI is InChI=1S/C26H26F3N9O2/c1-15(39)37-9-8-36(24(40)25(37,2)3)21-10-16(4-5-17(21)12-30)19-11-18(22(35-19)23(32)33-14-31)20-6-7-34-38(20)13-26(27,28)29/h4-7,10-11,14,35H,8-9,13H2,1-3H3,(H3,31,32,33). The Morgan fingerprint density at radius 1 is 1.30 bits per heavy atom. The lowest BCUT2D eigenvalue weighted by Crippen LogP contribution is -2.64. The number of aromatic nitrogens is 3. The summed E-state index contributed by atoms with van der Waals surface area (Å²) in [6.07, 6.45) is -2.58. The normalized spacial score (nSPS) is 15.7. The maximum Gasteiger partial charge on any atom is 0.408 e. The van der Waals surface area contributed by atoms with Crippen molar-refractivity contribution in [1.82, 2.24) is 19.7 Å². The molecule has 2 amide bonds. The van der Waals surface area contributed by atoms with Crippen molar-refractivity contribution in [3.8, 4) is 28.6 Å². The molecular formula is C26H26F3N9O2. The van der Waals surface area contributed by atoms with Crippen LogP contribution >= 0.6 is 0 Å². The van der Waals surface area contributed by atoms with Crippen LogP contribution in [-0.2, 0) is 16.1 Å². The molecule has 40 heavy (non-hydrogen) atoms. The molecule has 1 saturated heterocycles. The molecule has 208 valence electrons. The Morgan fingerprint density at radius 3 is 2.65 bits per heavy atom. The van der Waals surface area contributed by atoms with E-state index in [4.69, 9.17) is 11.1 Å². The van der Waals surface area contributed by atoms with E-state index in [9.17, 15) is 28.0 Å². The molecule has 0 saturated carbocycles. The highest BCUT2D eigenvalue weighted by molar-refractivity contribution is 6.06. The number of carbonyl (C=O) groups is 2. The molecular weight excluding hydrogens is 527 g/mol. The molecule has 1 aromatic carbocycles. The highest BCUT2D eigenvalue weighted by Crippen LogP contribution is 2.35. The molecule has 0 spiro atoms. The van der Waals surface area contributed by atoms with Gasteiger partial charge in [0.05, 0.1) is 22.6 Å². The van der Waals surface area contributed by atoms with Gasteiger partial charge in [0.2, 0.25) is 5.91 Å². The average Bonchev–Trinajstić information content (AvgIpc) is 3.51. The van der Waals surface area contributed by atoms with Crippen LogP contribution in [0.5, 0.6) is 0 Å². The molecule has 14 heteroatoms. The monoisotopic (exact) mass is 553 g/mol. The van der Waals surface area contributed by atoms with Crippen molar-refractivity contribution in [3.63, 3.8) is 0 Å². The molecule has 3 aromatic rings. The Balaban J connectivity index is 1.83. The zero-order valence-electron chi connectivity index (χ0n) is 21.9. The number of amidine groups is 1. The molecule has 0 aliphatic carbocycles. The molecule has 4 N–H and O–H groups in total. The van der Waals surface area contributed by atoms with Gasteiger partial charge < -0.3 is 20.5 Å². The third-order valence-electron chi connectivity index (χ3n) is 6.69. The molecule has 0 radical (unpaired) electrons. The second kappa shape index (κ2) is 10.3. The molecule has 3 heterocycles.